The molecule has 29 heavy (non-hydrogen) atoms. The summed E-state index contributed by atoms with van der Waals surface area (Å²) in [6.45, 7) is 0.475. The van der Waals surface area contributed by atoms with Gasteiger partial charge < -0.3 is 20.5 Å². The number of carboxylic acid groups (broad SMARTS) is 1. The number of rotatable bonds is 9. The van der Waals surface area contributed by atoms with Gasteiger partial charge in [0.2, 0.25) is 0 Å². The number of carbonyl (C=O) groups is 3. The van der Waals surface area contributed by atoms with Crippen LogP contribution in [0.1, 0.15) is 41.6 Å². The molecular formula is C22H24N2O5. The monoisotopic (exact) mass is 396 g/mol. The van der Waals surface area contributed by atoms with E-state index < -0.39 is 12.1 Å². The van der Waals surface area contributed by atoms with Crippen LogP contribution in [0.3, 0.4) is 0 Å². The molecule has 0 spiro atoms. The van der Waals surface area contributed by atoms with Crippen LogP contribution in [0, 0.1) is 0 Å². The zero-order chi connectivity index (χ0) is 20.6. The van der Waals surface area contributed by atoms with Crippen molar-refractivity contribution in [3.05, 3.63) is 59.7 Å². The fourth-order valence-electron chi connectivity index (χ4n) is 3.17. The molecule has 0 bridgehead atoms. The molecule has 7 heteroatoms. The zero-order valence-electron chi connectivity index (χ0n) is 16.0. The highest BCUT2D eigenvalue weighted by Crippen LogP contribution is 2.28. The molecule has 152 valence electrons. The zero-order valence-corrected chi connectivity index (χ0v) is 16.0. The summed E-state index contributed by atoms with van der Waals surface area (Å²) in [5, 5.41) is 14.2. The van der Waals surface area contributed by atoms with E-state index in [1.165, 1.54) is 0 Å². The summed E-state index contributed by atoms with van der Waals surface area (Å²) in [4.78, 5) is 35.3. The highest BCUT2D eigenvalue weighted by molar-refractivity contribution is 5.98. The van der Waals surface area contributed by atoms with Crippen molar-refractivity contribution in [3.8, 4) is 5.75 Å². The van der Waals surface area contributed by atoms with Gasteiger partial charge in [0, 0.05) is 30.6 Å². The molecule has 0 saturated heterocycles. The molecule has 1 heterocycles. The number of para-hydroxylation sites is 1. The first-order valence-corrected chi connectivity index (χ1v) is 9.68. The quantitative estimate of drug-likeness (QED) is 0.565. The first kappa shape index (κ1) is 20.4. The minimum atomic E-state index is -0.806. The summed E-state index contributed by atoms with van der Waals surface area (Å²) >= 11 is 0. The predicted molar refractivity (Wildman–Crippen MR) is 108 cm³/mol. The Kier molecular flexibility index (Phi) is 6.84. The van der Waals surface area contributed by atoms with Crippen LogP contribution in [0.2, 0.25) is 0 Å². The Morgan fingerprint density at radius 1 is 1.03 bits per heavy atom. The largest absolute Gasteiger partial charge is 0.481 e. The van der Waals surface area contributed by atoms with Crippen molar-refractivity contribution in [2.75, 3.05) is 11.9 Å². The third-order valence-electron chi connectivity index (χ3n) is 4.68. The van der Waals surface area contributed by atoms with Crippen molar-refractivity contribution in [1.29, 1.82) is 0 Å². The number of aliphatic carboxylic acids is 1. The molecule has 0 saturated carbocycles. The van der Waals surface area contributed by atoms with Crippen LogP contribution in [-0.4, -0.2) is 35.5 Å². The molecule has 3 rings (SSSR count). The second-order valence-electron chi connectivity index (χ2n) is 6.95. The lowest BCUT2D eigenvalue weighted by atomic mass is 10.1. The van der Waals surface area contributed by atoms with Gasteiger partial charge in [0.15, 0.2) is 6.10 Å². The van der Waals surface area contributed by atoms with Crippen LogP contribution in [-0.2, 0) is 16.0 Å². The van der Waals surface area contributed by atoms with Gasteiger partial charge in [-0.3, -0.25) is 14.4 Å². The highest BCUT2D eigenvalue weighted by atomic mass is 16.5. The molecule has 0 aliphatic carbocycles. The van der Waals surface area contributed by atoms with Gasteiger partial charge in [-0.15, -0.1) is 0 Å². The number of anilines is 1. The molecule has 0 aromatic heterocycles. The number of nitrogens with one attached hydrogen (secondary N) is 2. The molecule has 2 aromatic carbocycles. The SMILES string of the molecule is O=C(O)CCCCCNC(=O)c1cccc(NC(=O)C2Cc3ccccc3O2)c1. The van der Waals surface area contributed by atoms with E-state index in [9.17, 15) is 14.4 Å². The Bertz CT molecular complexity index is 871. The molecule has 1 atom stereocenters. The Labute approximate surface area is 169 Å². The van der Waals surface area contributed by atoms with E-state index in [0.29, 0.717) is 30.6 Å². The topological polar surface area (TPSA) is 105 Å². The van der Waals surface area contributed by atoms with Crippen LogP contribution >= 0.6 is 0 Å². The number of unbranched alkanes of at least 4 members (excludes halogenated alkanes) is 2. The number of hydrogen-bond donors (Lipinski definition) is 3. The molecular weight excluding hydrogens is 372 g/mol. The van der Waals surface area contributed by atoms with Crippen molar-refractivity contribution in [3.63, 3.8) is 0 Å². The lowest BCUT2D eigenvalue weighted by Gasteiger charge is -2.12. The van der Waals surface area contributed by atoms with E-state index in [1.807, 2.05) is 24.3 Å². The van der Waals surface area contributed by atoms with Crippen LogP contribution in [0.4, 0.5) is 5.69 Å². The van der Waals surface area contributed by atoms with Crippen LogP contribution < -0.4 is 15.4 Å². The van der Waals surface area contributed by atoms with E-state index >= 15 is 0 Å². The number of amides is 2. The normalized spacial score (nSPS) is 14.6. The summed E-state index contributed by atoms with van der Waals surface area (Å²) in [6.07, 6.45) is 2.13. The number of hydrogen-bond acceptors (Lipinski definition) is 4. The van der Waals surface area contributed by atoms with Gasteiger partial charge >= 0.3 is 5.97 Å². The number of fused-ring (bicyclic) bond motifs is 1. The standard InChI is InChI=1S/C22H24N2O5/c25-20(26)11-2-1-5-12-23-21(27)16-8-6-9-17(13-16)24-22(28)19-14-15-7-3-4-10-18(15)29-19/h3-4,6-10,13,19H,1-2,5,11-12,14H2,(H,23,27)(H,24,28)(H,25,26). The average molecular weight is 396 g/mol. The van der Waals surface area contributed by atoms with E-state index in [1.54, 1.807) is 24.3 Å². The van der Waals surface area contributed by atoms with Crippen molar-refractivity contribution in [1.82, 2.24) is 5.32 Å². The van der Waals surface area contributed by atoms with Crippen LogP contribution in [0.15, 0.2) is 48.5 Å². The molecule has 2 aromatic rings. The average Bonchev–Trinajstić information content (AvgIpc) is 3.15. The maximum Gasteiger partial charge on any atom is 0.303 e. The Balaban J connectivity index is 1.47. The lowest BCUT2D eigenvalue weighted by molar-refractivity contribution is -0.137. The number of carbonyl (C=O) groups excluding carboxylic acids is 2. The van der Waals surface area contributed by atoms with Crippen LogP contribution in [0.5, 0.6) is 5.75 Å². The summed E-state index contributed by atoms with van der Waals surface area (Å²) in [5.74, 6) is -0.565. The second kappa shape index (κ2) is 9.73. The summed E-state index contributed by atoms with van der Waals surface area (Å²) in [6, 6.07) is 14.3. The third-order valence-corrected chi connectivity index (χ3v) is 4.68. The maximum absolute atomic E-state index is 12.5. The van der Waals surface area contributed by atoms with E-state index in [0.717, 1.165) is 24.2 Å². The van der Waals surface area contributed by atoms with E-state index in [-0.39, 0.29) is 18.2 Å². The smallest absolute Gasteiger partial charge is 0.303 e. The predicted octanol–water partition coefficient (Wildman–Crippen LogP) is 3.00. The van der Waals surface area contributed by atoms with E-state index in [4.69, 9.17) is 9.84 Å². The summed E-state index contributed by atoms with van der Waals surface area (Å²) < 4.78 is 5.69. The summed E-state index contributed by atoms with van der Waals surface area (Å²) in [7, 11) is 0. The van der Waals surface area contributed by atoms with Gasteiger partial charge in [0.05, 0.1) is 0 Å². The first-order chi connectivity index (χ1) is 14.0. The van der Waals surface area contributed by atoms with Gasteiger partial charge in [0.25, 0.3) is 11.8 Å². The fraction of sp³-hybridized carbons (Fsp3) is 0.318. The Hall–Kier alpha value is -3.35. The molecule has 3 N–H and O–H groups in total. The van der Waals surface area contributed by atoms with Crippen molar-refractivity contribution >= 4 is 23.5 Å². The molecule has 2 amide bonds. The Morgan fingerprint density at radius 3 is 2.66 bits per heavy atom. The van der Waals surface area contributed by atoms with E-state index in [2.05, 4.69) is 10.6 Å². The highest BCUT2D eigenvalue weighted by Gasteiger charge is 2.28. The number of ether oxygens (including phenoxy) is 1. The third kappa shape index (κ3) is 5.81. The minimum absolute atomic E-state index is 0.144. The minimum Gasteiger partial charge on any atom is -0.481 e. The molecule has 0 radical (unpaired) electrons. The van der Waals surface area contributed by atoms with Gasteiger partial charge in [-0.25, -0.2) is 0 Å². The maximum atomic E-state index is 12.5. The van der Waals surface area contributed by atoms with Crippen molar-refractivity contribution in [2.45, 2.75) is 38.2 Å². The van der Waals surface area contributed by atoms with Crippen molar-refractivity contribution in [2.24, 2.45) is 0 Å². The van der Waals surface area contributed by atoms with Gasteiger partial charge in [-0.1, -0.05) is 30.7 Å². The fourth-order valence-corrected chi connectivity index (χ4v) is 3.17. The molecule has 1 unspecified atom stereocenters. The second-order valence-corrected chi connectivity index (χ2v) is 6.95. The molecule has 1 aliphatic rings. The molecule has 0 fully saturated rings. The first-order valence-electron chi connectivity index (χ1n) is 9.68. The van der Waals surface area contributed by atoms with Crippen molar-refractivity contribution < 1.29 is 24.2 Å². The van der Waals surface area contributed by atoms with Gasteiger partial charge in [0.1, 0.15) is 5.75 Å². The summed E-state index contributed by atoms with van der Waals surface area (Å²) in [5.41, 5.74) is 1.98. The van der Waals surface area contributed by atoms with Crippen LogP contribution in [0.25, 0.3) is 0 Å². The Morgan fingerprint density at radius 2 is 1.86 bits per heavy atom. The molecule has 1 aliphatic heterocycles. The van der Waals surface area contributed by atoms with Gasteiger partial charge in [-0.2, -0.15) is 0 Å². The molecule has 7 nitrogen and oxygen atoms in total. The number of carboxylic acids is 1. The lowest BCUT2D eigenvalue weighted by Crippen LogP contribution is -2.31. The van der Waals surface area contributed by atoms with Gasteiger partial charge in [-0.05, 0) is 42.7 Å². The number of benzene rings is 2.